The van der Waals surface area contributed by atoms with Gasteiger partial charge in [0.1, 0.15) is 11.9 Å². The van der Waals surface area contributed by atoms with Gasteiger partial charge in [-0.25, -0.2) is 14.2 Å². The minimum atomic E-state index is -1.07. The van der Waals surface area contributed by atoms with Crippen molar-refractivity contribution in [1.29, 1.82) is 0 Å². The molecule has 3 aliphatic heterocycles. The highest BCUT2D eigenvalue weighted by atomic mass is 32.1. The molecule has 3 atom stereocenters. The smallest absolute Gasteiger partial charge is 0.338 e. The predicted octanol–water partition coefficient (Wildman–Crippen LogP) is 3.14. The number of aromatic nitrogens is 1. The Kier molecular flexibility index (Phi) is 7.97. The SMILES string of the molecule is CCOC(=O)C1=C(CN2CCC3C(=O)N(CC(C)(C)C(=O)O)CC32)NC(c2nccs2)=N[C@H]1c1cccc(F)c1C. The summed E-state index contributed by atoms with van der Waals surface area (Å²) >= 11 is 1.39. The topological polar surface area (TPSA) is 124 Å². The highest BCUT2D eigenvalue weighted by molar-refractivity contribution is 7.11. The van der Waals surface area contributed by atoms with E-state index in [0.29, 0.717) is 53.7 Å². The van der Waals surface area contributed by atoms with Crippen LogP contribution < -0.4 is 5.32 Å². The molecular weight excluding hydrogens is 549 g/mol. The Bertz CT molecular complexity index is 1420. The molecule has 5 rings (SSSR count). The minimum absolute atomic E-state index is 0.0404. The van der Waals surface area contributed by atoms with E-state index in [0.717, 1.165) is 0 Å². The number of aliphatic carboxylic acids is 1. The maximum atomic E-state index is 14.7. The summed E-state index contributed by atoms with van der Waals surface area (Å²) in [6.07, 6.45) is 2.30. The van der Waals surface area contributed by atoms with Gasteiger partial charge in [-0.15, -0.1) is 11.3 Å². The van der Waals surface area contributed by atoms with E-state index in [1.165, 1.54) is 17.4 Å². The zero-order chi connectivity index (χ0) is 29.5. The molecule has 2 N–H and O–H groups in total. The third-order valence-corrected chi connectivity index (χ3v) is 8.86. The Morgan fingerprint density at radius 1 is 1.32 bits per heavy atom. The van der Waals surface area contributed by atoms with E-state index >= 15 is 0 Å². The van der Waals surface area contributed by atoms with Gasteiger partial charge in [0.15, 0.2) is 10.8 Å². The molecule has 12 heteroatoms. The van der Waals surface area contributed by atoms with Crippen LogP contribution in [0.15, 0.2) is 46.0 Å². The van der Waals surface area contributed by atoms with Gasteiger partial charge in [0.25, 0.3) is 0 Å². The second-order valence-electron chi connectivity index (χ2n) is 11.3. The van der Waals surface area contributed by atoms with Crippen molar-refractivity contribution in [2.24, 2.45) is 16.3 Å². The van der Waals surface area contributed by atoms with Crippen molar-refractivity contribution in [3.63, 3.8) is 0 Å². The van der Waals surface area contributed by atoms with Crippen LogP contribution in [0, 0.1) is 24.1 Å². The van der Waals surface area contributed by atoms with Crippen molar-refractivity contribution in [1.82, 2.24) is 20.1 Å². The standard InChI is InChI=1S/C29H34FN5O5S/c1-5-40-27(37)22-20(13-34-11-9-18-21(34)14-35(26(18)36)15-29(3,4)28(38)39)32-24(25-31-10-12-41-25)33-23(22)17-7-6-8-19(30)16(17)2/h6-8,10,12,18,21,23H,5,9,11,13-15H2,1-4H3,(H,32,33)(H,38,39)/t18?,21?,23-/m0/s1. The molecule has 41 heavy (non-hydrogen) atoms. The minimum Gasteiger partial charge on any atom is -0.481 e. The number of aliphatic imine (C=N–C) groups is 1. The van der Waals surface area contributed by atoms with E-state index in [9.17, 15) is 23.9 Å². The van der Waals surface area contributed by atoms with Gasteiger partial charge in [0.05, 0.1) is 23.5 Å². The number of amides is 1. The van der Waals surface area contributed by atoms with Gasteiger partial charge in [0.2, 0.25) is 5.91 Å². The van der Waals surface area contributed by atoms with Gasteiger partial charge in [-0.1, -0.05) is 12.1 Å². The predicted molar refractivity (Wildman–Crippen MR) is 151 cm³/mol. The van der Waals surface area contributed by atoms with Crippen molar-refractivity contribution in [2.45, 2.75) is 46.2 Å². The zero-order valence-corrected chi connectivity index (χ0v) is 24.3. The highest BCUT2D eigenvalue weighted by Crippen LogP contribution is 2.38. The number of ether oxygens (including phenoxy) is 1. The molecule has 0 saturated carbocycles. The number of likely N-dealkylation sites (tertiary alicyclic amines) is 2. The van der Waals surface area contributed by atoms with E-state index < -0.39 is 29.2 Å². The summed E-state index contributed by atoms with van der Waals surface area (Å²) in [4.78, 5) is 51.5. The van der Waals surface area contributed by atoms with Crippen LogP contribution in [0.4, 0.5) is 4.39 Å². The summed E-state index contributed by atoms with van der Waals surface area (Å²) in [5.74, 6) is -1.71. The zero-order valence-electron chi connectivity index (χ0n) is 23.5. The highest BCUT2D eigenvalue weighted by Gasteiger charge is 2.49. The summed E-state index contributed by atoms with van der Waals surface area (Å²) in [6.45, 7) is 8.24. The molecule has 218 valence electrons. The molecule has 2 unspecified atom stereocenters. The summed E-state index contributed by atoms with van der Waals surface area (Å²) in [5.41, 5.74) is 0.728. The Labute approximate surface area is 241 Å². The number of halogens is 1. The van der Waals surface area contributed by atoms with Crippen LogP contribution in [0.5, 0.6) is 0 Å². The molecule has 0 spiro atoms. The van der Waals surface area contributed by atoms with Gasteiger partial charge in [-0.2, -0.15) is 0 Å². The normalized spacial score (nSPS) is 23.0. The molecule has 4 heterocycles. The monoisotopic (exact) mass is 583 g/mol. The number of carbonyl (C=O) groups is 3. The fourth-order valence-electron chi connectivity index (χ4n) is 5.85. The van der Waals surface area contributed by atoms with Crippen molar-refractivity contribution < 1.29 is 28.6 Å². The number of nitrogens with zero attached hydrogens (tertiary/aromatic N) is 4. The molecule has 2 saturated heterocycles. The number of hydrogen-bond donors (Lipinski definition) is 2. The average Bonchev–Trinajstić information content (AvgIpc) is 3.66. The van der Waals surface area contributed by atoms with Gasteiger partial charge in [-0.05, 0) is 57.9 Å². The van der Waals surface area contributed by atoms with Crippen LogP contribution in [0.25, 0.3) is 0 Å². The maximum Gasteiger partial charge on any atom is 0.338 e. The number of fused-ring (bicyclic) bond motifs is 1. The van der Waals surface area contributed by atoms with E-state index in [1.54, 1.807) is 50.9 Å². The van der Waals surface area contributed by atoms with Crippen LogP contribution in [0.3, 0.4) is 0 Å². The first-order valence-electron chi connectivity index (χ1n) is 13.7. The van der Waals surface area contributed by atoms with Crippen LogP contribution >= 0.6 is 11.3 Å². The van der Waals surface area contributed by atoms with E-state index in [1.807, 2.05) is 5.38 Å². The number of carboxylic acids is 1. The first-order valence-corrected chi connectivity index (χ1v) is 14.6. The third-order valence-electron chi connectivity index (χ3n) is 8.08. The molecule has 1 aromatic heterocycles. The molecule has 10 nitrogen and oxygen atoms in total. The molecule has 2 aromatic rings. The Hall–Kier alpha value is -3.64. The van der Waals surface area contributed by atoms with Gasteiger partial charge in [0, 0.05) is 43.0 Å². The number of esters is 1. The molecule has 0 radical (unpaired) electrons. The van der Waals surface area contributed by atoms with Crippen molar-refractivity contribution >= 4 is 35.0 Å². The number of amidine groups is 1. The number of hydrogen-bond acceptors (Lipinski definition) is 9. The molecule has 1 aromatic carbocycles. The van der Waals surface area contributed by atoms with Crippen LogP contribution in [0.2, 0.25) is 0 Å². The van der Waals surface area contributed by atoms with Crippen LogP contribution in [-0.2, 0) is 19.1 Å². The average molecular weight is 584 g/mol. The first kappa shape index (κ1) is 28.9. The largest absolute Gasteiger partial charge is 0.481 e. The molecule has 0 aliphatic carbocycles. The summed E-state index contributed by atoms with van der Waals surface area (Å²) in [5, 5.41) is 15.4. The van der Waals surface area contributed by atoms with Gasteiger partial charge in [-0.3, -0.25) is 19.5 Å². The molecule has 2 fully saturated rings. The second-order valence-corrected chi connectivity index (χ2v) is 12.1. The maximum absolute atomic E-state index is 14.7. The van der Waals surface area contributed by atoms with E-state index in [-0.39, 0.29) is 36.6 Å². The molecule has 1 amide bonds. The number of nitrogens with one attached hydrogen (secondary N) is 1. The van der Waals surface area contributed by atoms with Crippen LogP contribution in [0.1, 0.15) is 49.4 Å². The number of carboxylic acid groups (broad SMARTS) is 1. The van der Waals surface area contributed by atoms with Crippen molar-refractivity contribution in [3.8, 4) is 0 Å². The Morgan fingerprint density at radius 3 is 2.78 bits per heavy atom. The summed E-state index contributed by atoms with van der Waals surface area (Å²) in [6, 6.07) is 3.78. The number of benzene rings is 1. The fourth-order valence-corrected chi connectivity index (χ4v) is 6.44. The third kappa shape index (κ3) is 5.50. The molecule has 3 aliphatic rings. The van der Waals surface area contributed by atoms with Crippen molar-refractivity contribution in [3.05, 3.63) is 63.0 Å². The summed E-state index contributed by atoms with van der Waals surface area (Å²) in [7, 11) is 0. The fraction of sp³-hybridized carbons (Fsp3) is 0.483. The van der Waals surface area contributed by atoms with Gasteiger partial charge < -0.3 is 20.1 Å². The Morgan fingerprint density at radius 2 is 2.10 bits per heavy atom. The van der Waals surface area contributed by atoms with Crippen molar-refractivity contribution in [2.75, 3.05) is 32.8 Å². The van der Waals surface area contributed by atoms with Gasteiger partial charge >= 0.3 is 11.9 Å². The lowest BCUT2D eigenvalue weighted by atomic mass is 9.92. The number of rotatable bonds is 9. The lowest BCUT2D eigenvalue weighted by Crippen LogP contribution is -2.44. The number of thiazole rings is 1. The lowest BCUT2D eigenvalue weighted by Gasteiger charge is -2.32. The second kappa shape index (κ2) is 11.3. The van der Waals surface area contributed by atoms with E-state index in [2.05, 4.69) is 15.2 Å². The number of carbonyl (C=O) groups excluding carboxylic acids is 2. The lowest BCUT2D eigenvalue weighted by molar-refractivity contribution is -0.149. The summed E-state index contributed by atoms with van der Waals surface area (Å²) < 4.78 is 20.2. The van der Waals surface area contributed by atoms with Crippen LogP contribution in [-0.4, -0.2) is 82.4 Å². The van der Waals surface area contributed by atoms with E-state index in [4.69, 9.17) is 9.73 Å². The first-order chi connectivity index (χ1) is 19.5. The molecular formula is C29H34FN5O5S. The Balaban J connectivity index is 1.51. The quantitative estimate of drug-likeness (QED) is 0.432. The molecule has 0 bridgehead atoms.